The number of hydrogen-bond donors (Lipinski definition) is 1. The number of non-ortho nitro benzene ring substituents is 1. The summed E-state index contributed by atoms with van der Waals surface area (Å²) in [7, 11) is 0. The molecule has 0 spiro atoms. The van der Waals surface area contributed by atoms with Crippen molar-refractivity contribution in [1.82, 2.24) is 19.7 Å². The number of carbonyl (C=O) groups excluding carboxylic acids is 1. The lowest BCUT2D eigenvalue weighted by molar-refractivity contribution is -0.384. The van der Waals surface area contributed by atoms with Crippen molar-refractivity contribution < 1.29 is 14.5 Å². The Balaban J connectivity index is 1.49. The predicted molar refractivity (Wildman–Crippen MR) is 125 cm³/mol. The first kappa shape index (κ1) is 23.2. The highest BCUT2D eigenvalue weighted by Crippen LogP contribution is 2.25. The number of thioether (sulfide) groups is 1. The van der Waals surface area contributed by atoms with Gasteiger partial charge in [-0.2, -0.15) is 0 Å². The minimum absolute atomic E-state index is 0.0615. The van der Waals surface area contributed by atoms with Gasteiger partial charge >= 0.3 is 0 Å². The molecular formula is C21H21ClN6O4S. The normalized spacial score (nSPS) is 14.2. The average Bonchev–Trinajstić information content (AvgIpc) is 3.21. The quantitative estimate of drug-likeness (QED) is 0.291. The number of nitrogens with zero attached hydrogens (tertiary/aromatic N) is 5. The van der Waals surface area contributed by atoms with E-state index >= 15 is 0 Å². The van der Waals surface area contributed by atoms with Crippen LogP contribution in [0.4, 0.5) is 11.4 Å². The number of nitro benzene ring substituents is 1. The molecule has 1 aliphatic heterocycles. The fourth-order valence-electron chi connectivity index (χ4n) is 3.33. The Morgan fingerprint density at radius 3 is 2.67 bits per heavy atom. The number of benzene rings is 2. The van der Waals surface area contributed by atoms with Crippen molar-refractivity contribution in [2.24, 2.45) is 0 Å². The molecule has 0 saturated carbocycles. The molecule has 1 saturated heterocycles. The fraction of sp³-hybridized carbons (Fsp3) is 0.286. The summed E-state index contributed by atoms with van der Waals surface area (Å²) in [6.45, 7) is 3.56. The van der Waals surface area contributed by atoms with E-state index in [4.69, 9.17) is 16.3 Å². The van der Waals surface area contributed by atoms with Crippen LogP contribution in [-0.4, -0.2) is 62.6 Å². The smallest absolute Gasteiger partial charge is 0.271 e. The molecule has 0 radical (unpaired) electrons. The monoisotopic (exact) mass is 488 g/mol. The number of halogens is 1. The van der Waals surface area contributed by atoms with Gasteiger partial charge in [-0.05, 0) is 30.3 Å². The maximum absolute atomic E-state index is 12.5. The molecule has 1 aliphatic rings. The van der Waals surface area contributed by atoms with Gasteiger partial charge in [0.1, 0.15) is 0 Å². The third-order valence-electron chi connectivity index (χ3n) is 4.93. The van der Waals surface area contributed by atoms with Crippen LogP contribution in [0.3, 0.4) is 0 Å². The molecule has 4 rings (SSSR count). The lowest BCUT2D eigenvalue weighted by Gasteiger charge is -2.26. The molecule has 1 N–H and O–H groups in total. The second kappa shape index (κ2) is 10.8. The van der Waals surface area contributed by atoms with E-state index < -0.39 is 4.92 Å². The van der Waals surface area contributed by atoms with Crippen LogP contribution in [0.25, 0.3) is 5.69 Å². The molecule has 12 heteroatoms. The van der Waals surface area contributed by atoms with Crippen molar-refractivity contribution in [3.63, 3.8) is 0 Å². The van der Waals surface area contributed by atoms with Crippen molar-refractivity contribution in [3.05, 3.63) is 69.5 Å². The Labute approximate surface area is 199 Å². The van der Waals surface area contributed by atoms with Crippen LogP contribution in [0.5, 0.6) is 0 Å². The Hall–Kier alpha value is -2.99. The summed E-state index contributed by atoms with van der Waals surface area (Å²) in [4.78, 5) is 25.2. The van der Waals surface area contributed by atoms with Crippen molar-refractivity contribution in [3.8, 4) is 5.69 Å². The summed E-state index contributed by atoms with van der Waals surface area (Å²) in [5.74, 6) is 0.507. The van der Waals surface area contributed by atoms with Gasteiger partial charge in [-0.15, -0.1) is 10.2 Å². The lowest BCUT2D eigenvalue weighted by Crippen LogP contribution is -2.36. The molecule has 2 heterocycles. The number of anilines is 1. The molecule has 1 fully saturated rings. The Bertz CT molecular complexity index is 1130. The van der Waals surface area contributed by atoms with E-state index in [0.717, 1.165) is 24.6 Å². The number of nitro groups is 1. The maximum Gasteiger partial charge on any atom is 0.271 e. The first-order valence-corrected chi connectivity index (χ1v) is 11.5. The van der Waals surface area contributed by atoms with E-state index in [-0.39, 0.29) is 17.3 Å². The number of hydrogen-bond acceptors (Lipinski definition) is 8. The van der Waals surface area contributed by atoms with Crippen LogP contribution >= 0.6 is 23.4 Å². The number of ether oxygens (including phenoxy) is 1. The van der Waals surface area contributed by atoms with Gasteiger partial charge in [-0.3, -0.25) is 24.4 Å². The molecule has 10 nitrogen and oxygen atoms in total. The standard InChI is InChI=1S/C21H21ClN6O4S/c22-15-4-6-17(7-5-15)27-19(13-26-8-10-32-11-9-26)24-25-21(27)33-14-20(29)23-16-2-1-3-18(12-16)28(30)31/h1-7,12H,8-11,13-14H2,(H,23,29). The molecule has 0 aliphatic carbocycles. The zero-order valence-electron chi connectivity index (χ0n) is 17.5. The first-order chi connectivity index (χ1) is 16.0. The number of carbonyl (C=O) groups is 1. The van der Waals surface area contributed by atoms with E-state index in [9.17, 15) is 14.9 Å². The molecule has 172 valence electrons. The van der Waals surface area contributed by atoms with Gasteiger partial charge < -0.3 is 10.1 Å². The van der Waals surface area contributed by atoms with E-state index in [1.807, 2.05) is 16.7 Å². The molecule has 33 heavy (non-hydrogen) atoms. The Morgan fingerprint density at radius 1 is 1.18 bits per heavy atom. The highest BCUT2D eigenvalue weighted by molar-refractivity contribution is 7.99. The Morgan fingerprint density at radius 2 is 1.94 bits per heavy atom. The summed E-state index contributed by atoms with van der Waals surface area (Å²) in [5.41, 5.74) is 1.12. The zero-order valence-corrected chi connectivity index (χ0v) is 19.1. The second-order valence-electron chi connectivity index (χ2n) is 7.24. The molecule has 1 amide bonds. The largest absolute Gasteiger partial charge is 0.379 e. The molecule has 2 aromatic carbocycles. The Kier molecular flexibility index (Phi) is 7.55. The van der Waals surface area contributed by atoms with Crippen molar-refractivity contribution in [2.45, 2.75) is 11.7 Å². The molecular weight excluding hydrogens is 468 g/mol. The number of aromatic nitrogens is 3. The second-order valence-corrected chi connectivity index (χ2v) is 8.62. The van der Waals surface area contributed by atoms with Crippen LogP contribution in [0, 0.1) is 10.1 Å². The summed E-state index contributed by atoms with van der Waals surface area (Å²) >= 11 is 7.29. The van der Waals surface area contributed by atoms with Gasteiger partial charge in [0.05, 0.1) is 30.4 Å². The number of amides is 1. The summed E-state index contributed by atoms with van der Waals surface area (Å²) in [5, 5.41) is 23.5. The van der Waals surface area contributed by atoms with Gasteiger partial charge in [-0.1, -0.05) is 29.4 Å². The average molecular weight is 489 g/mol. The topological polar surface area (TPSA) is 115 Å². The molecule has 1 aromatic heterocycles. The SMILES string of the molecule is O=C(CSc1nnc(CN2CCOCC2)n1-c1ccc(Cl)cc1)Nc1cccc([N+](=O)[O-])c1. The van der Waals surface area contributed by atoms with Crippen LogP contribution in [0.2, 0.25) is 5.02 Å². The molecule has 0 bridgehead atoms. The molecule has 0 atom stereocenters. The molecule has 3 aromatic rings. The third-order valence-corrected chi connectivity index (χ3v) is 6.11. The number of morpholine rings is 1. The minimum Gasteiger partial charge on any atom is -0.379 e. The van der Waals surface area contributed by atoms with Crippen molar-refractivity contribution in [2.75, 3.05) is 37.4 Å². The van der Waals surface area contributed by atoms with Gasteiger partial charge in [0.25, 0.3) is 5.69 Å². The zero-order chi connectivity index (χ0) is 23.2. The summed E-state index contributed by atoms with van der Waals surface area (Å²) in [6, 6.07) is 13.2. The van der Waals surface area contributed by atoms with Crippen LogP contribution < -0.4 is 5.32 Å². The van der Waals surface area contributed by atoms with Gasteiger partial charge in [0.2, 0.25) is 5.91 Å². The number of nitrogens with one attached hydrogen (secondary N) is 1. The van der Waals surface area contributed by atoms with Gasteiger partial charge in [0.15, 0.2) is 11.0 Å². The van der Waals surface area contributed by atoms with Crippen molar-refractivity contribution >= 4 is 40.6 Å². The maximum atomic E-state index is 12.5. The first-order valence-electron chi connectivity index (χ1n) is 10.2. The number of rotatable bonds is 8. The minimum atomic E-state index is -0.505. The predicted octanol–water partition coefficient (Wildman–Crippen LogP) is 3.39. The molecule has 0 unspecified atom stereocenters. The van der Waals surface area contributed by atoms with Crippen LogP contribution in [0.1, 0.15) is 5.82 Å². The van der Waals surface area contributed by atoms with Gasteiger partial charge in [0, 0.05) is 41.6 Å². The van der Waals surface area contributed by atoms with E-state index in [0.29, 0.717) is 35.6 Å². The highest BCUT2D eigenvalue weighted by Gasteiger charge is 2.20. The summed E-state index contributed by atoms with van der Waals surface area (Å²) < 4.78 is 7.33. The van der Waals surface area contributed by atoms with E-state index in [1.54, 1.807) is 18.2 Å². The van der Waals surface area contributed by atoms with Crippen LogP contribution in [-0.2, 0) is 16.1 Å². The van der Waals surface area contributed by atoms with E-state index in [1.165, 1.54) is 30.0 Å². The van der Waals surface area contributed by atoms with Gasteiger partial charge in [-0.25, -0.2) is 0 Å². The summed E-state index contributed by atoms with van der Waals surface area (Å²) in [6.07, 6.45) is 0. The van der Waals surface area contributed by atoms with E-state index in [2.05, 4.69) is 20.4 Å². The van der Waals surface area contributed by atoms with Crippen LogP contribution in [0.15, 0.2) is 53.7 Å². The van der Waals surface area contributed by atoms with Crippen molar-refractivity contribution in [1.29, 1.82) is 0 Å². The third kappa shape index (κ3) is 6.08. The highest BCUT2D eigenvalue weighted by atomic mass is 35.5. The fourth-order valence-corrected chi connectivity index (χ4v) is 4.23. The lowest BCUT2D eigenvalue weighted by atomic mass is 10.3.